The van der Waals surface area contributed by atoms with Gasteiger partial charge in [-0.05, 0) is 92.9 Å². The van der Waals surface area contributed by atoms with Crippen LogP contribution >= 0.6 is 11.6 Å². The fourth-order valence-electron chi connectivity index (χ4n) is 5.67. The number of amides is 1. The summed E-state index contributed by atoms with van der Waals surface area (Å²) < 4.78 is 16.3. The first-order valence-electron chi connectivity index (χ1n) is 12.6. The van der Waals surface area contributed by atoms with Crippen molar-refractivity contribution in [1.82, 2.24) is 10.2 Å². The van der Waals surface area contributed by atoms with Crippen molar-refractivity contribution >= 4 is 17.5 Å². The number of carbonyl (C=O) groups is 1. The Balaban J connectivity index is 1.31. The van der Waals surface area contributed by atoms with Crippen LogP contribution in [0, 0.1) is 5.92 Å². The average Bonchev–Trinajstić information content (AvgIpc) is 3.33. The third-order valence-corrected chi connectivity index (χ3v) is 7.72. The number of halogens is 1. The third-order valence-electron chi connectivity index (χ3n) is 7.47. The molecule has 190 valence electrons. The smallest absolute Gasteiger partial charge is 0.224 e. The molecule has 7 heteroatoms. The van der Waals surface area contributed by atoms with Gasteiger partial charge in [0, 0.05) is 17.1 Å². The van der Waals surface area contributed by atoms with E-state index in [1.807, 2.05) is 24.3 Å². The van der Waals surface area contributed by atoms with Gasteiger partial charge in [-0.3, -0.25) is 9.69 Å². The molecule has 0 spiro atoms. The summed E-state index contributed by atoms with van der Waals surface area (Å²) in [6, 6.07) is 12.6. The van der Waals surface area contributed by atoms with E-state index in [9.17, 15) is 4.79 Å². The SMILES string of the molecule is COc1cc(CC(=O)N[C@@H]2CCC[C@H]2N2CCC(Cc3ccc(Cl)cc3)CC2)cc(OC)c1OC. The first kappa shape index (κ1) is 25.6. The minimum Gasteiger partial charge on any atom is -0.493 e. The van der Waals surface area contributed by atoms with Crippen molar-refractivity contribution in [2.45, 2.75) is 57.0 Å². The van der Waals surface area contributed by atoms with Crippen molar-refractivity contribution in [3.05, 3.63) is 52.5 Å². The molecule has 1 aliphatic carbocycles. The van der Waals surface area contributed by atoms with Gasteiger partial charge in [0.15, 0.2) is 11.5 Å². The van der Waals surface area contributed by atoms with E-state index in [1.165, 1.54) is 18.4 Å². The number of nitrogens with one attached hydrogen (secondary N) is 1. The zero-order valence-corrected chi connectivity index (χ0v) is 21.8. The van der Waals surface area contributed by atoms with Crippen molar-refractivity contribution in [1.29, 1.82) is 0 Å². The molecule has 0 aromatic heterocycles. The number of methoxy groups -OCH3 is 3. The molecule has 2 atom stereocenters. The number of carbonyl (C=O) groups excluding carboxylic acids is 1. The highest BCUT2D eigenvalue weighted by molar-refractivity contribution is 6.30. The molecule has 1 saturated heterocycles. The highest BCUT2D eigenvalue weighted by atomic mass is 35.5. The molecule has 1 aliphatic heterocycles. The largest absolute Gasteiger partial charge is 0.493 e. The third kappa shape index (κ3) is 6.42. The molecule has 0 unspecified atom stereocenters. The molecule has 2 aliphatic rings. The predicted molar refractivity (Wildman–Crippen MR) is 139 cm³/mol. The minimum atomic E-state index is 0.0359. The zero-order chi connectivity index (χ0) is 24.8. The van der Waals surface area contributed by atoms with E-state index < -0.39 is 0 Å². The summed E-state index contributed by atoms with van der Waals surface area (Å²) in [6.45, 7) is 2.20. The molecule has 1 heterocycles. The van der Waals surface area contributed by atoms with Crippen molar-refractivity contribution in [2.24, 2.45) is 5.92 Å². The monoisotopic (exact) mass is 500 g/mol. The Labute approximate surface area is 213 Å². The van der Waals surface area contributed by atoms with Crippen LogP contribution in [0.5, 0.6) is 17.2 Å². The first-order valence-corrected chi connectivity index (χ1v) is 12.9. The Hall–Kier alpha value is -2.44. The molecule has 35 heavy (non-hydrogen) atoms. The highest BCUT2D eigenvalue weighted by Gasteiger charge is 2.35. The van der Waals surface area contributed by atoms with Gasteiger partial charge in [0.2, 0.25) is 11.7 Å². The number of ether oxygens (including phenoxy) is 3. The molecule has 0 bridgehead atoms. The Bertz CT molecular complexity index is 964. The number of rotatable bonds is 9. The average molecular weight is 501 g/mol. The second-order valence-corrected chi connectivity index (χ2v) is 10.1. The maximum absolute atomic E-state index is 13.0. The summed E-state index contributed by atoms with van der Waals surface area (Å²) in [5.74, 6) is 2.41. The highest BCUT2D eigenvalue weighted by Crippen LogP contribution is 2.38. The van der Waals surface area contributed by atoms with Crippen LogP contribution in [0.4, 0.5) is 0 Å². The normalized spacial score (nSPS) is 21.0. The number of likely N-dealkylation sites (tertiary alicyclic amines) is 1. The Morgan fingerprint density at radius 3 is 2.20 bits per heavy atom. The Kier molecular flexibility index (Phi) is 8.79. The Morgan fingerprint density at radius 1 is 0.943 bits per heavy atom. The summed E-state index contributed by atoms with van der Waals surface area (Å²) >= 11 is 6.03. The zero-order valence-electron chi connectivity index (χ0n) is 21.0. The van der Waals surface area contributed by atoms with Gasteiger partial charge in [0.1, 0.15) is 0 Å². The van der Waals surface area contributed by atoms with Crippen molar-refractivity contribution in [3.8, 4) is 17.2 Å². The molecule has 0 radical (unpaired) electrons. The summed E-state index contributed by atoms with van der Waals surface area (Å²) in [4.78, 5) is 15.6. The van der Waals surface area contributed by atoms with Gasteiger partial charge in [-0.15, -0.1) is 0 Å². The van der Waals surface area contributed by atoms with Crippen LogP contribution in [-0.4, -0.2) is 57.3 Å². The minimum absolute atomic E-state index is 0.0359. The van der Waals surface area contributed by atoms with Gasteiger partial charge >= 0.3 is 0 Å². The maximum atomic E-state index is 13.0. The van der Waals surface area contributed by atoms with Gasteiger partial charge < -0.3 is 19.5 Å². The van der Waals surface area contributed by atoms with E-state index in [1.54, 1.807) is 21.3 Å². The standard InChI is InChI=1S/C28H37ClN2O4/c1-33-25-16-21(17-26(34-2)28(25)35-3)18-27(32)30-23-5-4-6-24(23)31-13-11-20(12-14-31)15-19-7-9-22(29)10-8-19/h7-10,16-17,20,23-24H,4-6,11-15,18H2,1-3H3,(H,30,32)/t23-,24-/m1/s1. The molecule has 2 aromatic rings. The van der Waals surface area contributed by atoms with E-state index in [2.05, 4.69) is 22.3 Å². The van der Waals surface area contributed by atoms with Crippen molar-refractivity contribution in [2.75, 3.05) is 34.4 Å². The Morgan fingerprint density at radius 2 is 1.60 bits per heavy atom. The summed E-state index contributed by atoms with van der Waals surface area (Å²) in [5.41, 5.74) is 2.21. The van der Waals surface area contributed by atoms with Gasteiger partial charge in [0.25, 0.3) is 0 Å². The number of hydrogen-bond donors (Lipinski definition) is 1. The van der Waals surface area contributed by atoms with E-state index >= 15 is 0 Å². The van der Waals surface area contributed by atoms with Crippen LogP contribution in [0.1, 0.15) is 43.2 Å². The molecule has 2 aromatic carbocycles. The maximum Gasteiger partial charge on any atom is 0.224 e. The summed E-state index contributed by atoms with van der Waals surface area (Å²) in [6.07, 6.45) is 7.14. The van der Waals surface area contributed by atoms with Crippen LogP contribution in [0.3, 0.4) is 0 Å². The predicted octanol–water partition coefficient (Wildman–Crippen LogP) is 4.90. The molecule has 4 rings (SSSR count). The van der Waals surface area contributed by atoms with Crippen LogP contribution in [-0.2, 0) is 17.6 Å². The molecule has 2 fully saturated rings. The van der Waals surface area contributed by atoms with Gasteiger partial charge in [0.05, 0.1) is 27.8 Å². The van der Waals surface area contributed by atoms with Crippen LogP contribution in [0.15, 0.2) is 36.4 Å². The number of hydrogen-bond acceptors (Lipinski definition) is 5. The first-order chi connectivity index (χ1) is 17.0. The molecular weight excluding hydrogens is 464 g/mol. The molecular formula is C28H37ClN2O4. The van der Waals surface area contributed by atoms with Gasteiger partial charge in [-0.2, -0.15) is 0 Å². The lowest BCUT2D eigenvalue weighted by molar-refractivity contribution is -0.121. The number of nitrogens with zero attached hydrogens (tertiary/aromatic N) is 1. The summed E-state index contributed by atoms with van der Waals surface area (Å²) in [7, 11) is 4.75. The van der Waals surface area contributed by atoms with Crippen molar-refractivity contribution < 1.29 is 19.0 Å². The topological polar surface area (TPSA) is 60.0 Å². The van der Waals surface area contributed by atoms with Crippen LogP contribution < -0.4 is 19.5 Å². The lowest BCUT2D eigenvalue weighted by Crippen LogP contribution is -2.51. The number of piperidine rings is 1. The number of benzene rings is 2. The lowest BCUT2D eigenvalue weighted by Gasteiger charge is -2.38. The molecule has 1 N–H and O–H groups in total. The van der Waals surface area contributed by atoms with Gasteiger partial charge in [-0.1, -0.05) is 23.7 Å². The van der Waals surface area contributed by atoms with Crippen LogP contribution in [0.2, 0.25) is 5.02 Å². The lowest BCUT2D eigenvalue weighted by atomic mass is 9.89. The molecule has 1 amide bonds. The second kappa shape index (κ2) is 12.0. The fourth-order valence-corrected chi connectivity index (χ4v) is 5.80. The van der Waals surface area contributed by atoms with Crippen LogP contribution in [0.25, 0.3) is 0 Å². The second-order valence-electron chi connectivity index (χ2n) is 9.69. The van der Waals surface area contributed by atoms with Gasteiger partial charge in [-0.25, -0.2) is 0 Å². The van der Waals surface area contributed by atoms with E-state index in [0.29, 0.717) is 29.2 Å². The van der Waals surface area contributed by atoms with E-state index in [4.69, 9.17) is 25.8 Å². The fraction of sp³-hybridized carbons (Fsp3) is 0.536. The quantitative estimate of drug-likeness (QED) is 0.530. The summed E-state index contributed by atoms with van der Waals surface area (Å²) in [5, 5.41) is 4.12. The molecule has 1 saturated carbocycles. The van der Waals surface area contributed by atoms with E-state index in [0.717, 1.165) is 49.4 Å². The van der Waals surface area contributed by atoms with E-state index in [-0.39, 0.29) is 18.4 Å². The molecule has 6 nitrogen and oxygen atoms in total. The van der Waals surface area contributed by atoms with Crippen molar-refractivity contribution in [3.63, 3.8) is 0 Å².